The first kappa shape index (κ1) is 18.9. The van der Waals surface area contributed by atoms with E-state index in [4.69, 9.17) is 5.26 Å². The summed E-state index contributed by atoms with van der Waals surface area (Å²) < 4.78 is 4.69. The van der Waals surface area contributed by atoms with Gasteiger partial charge in [-0.05, 0) is 45.0 Å². The second kappa shape index (κ2) is 7.80. The molecule has 0 saturated heterocycles. The molecular formula is C20H20BrN5O. The zero-order chi connectivity index (χ0) is 19.6. The van der Waals surface area contributed by atoms with Gasteiger partial charge >= 0.3 is 0 Å². The Morgan fingerprint density at radius 2 is 2.04 bits per heavy atom. The molecule has 2 aromatic heterocycles. The van der Waals surface area contributed by atoms with Crippen LogP contribution >= 0.6 is 15.9 Å². The van der Waals surface area contributed by atoms with Crippen molar-refractivity contribution in [3.63, 3.8) is 0 Å². The number of nitriles is 1. The molecule has 3 rings (SSSR count). The normalized spacial score (nSPS) is 10.6. The molecule has 0 fully saturated rings. The molecule has 27 heavy (non-hydrogen) atoms. The van der Waals surface area contributed by atoms with Crippen molar-refractivity contribution < 1.29 is 4.79 Å². The number of hydrogen-bond donors (Lipinski definition) is 1. The zero-order valence-corrected chi connectivity index (χ0v) is 17.0. The Hall–Kier alpha value is -2.85. The van der Waals surface area contributed by atoms with Crippen LogP contribution in [-0.2, 0) is 6.54 Å². The Morgan fingerprint density at radius 1 is 1.26 bits per heavy atom. The fourth-order valence-corrected chi connectivity index (χ4v) is 3.55. The lowest BCUT2D eigenvalue weighted by atomic mass is 10.2. The van der Waals surface area contributed by atoms with Gasteiger partial charge in [-0.1, -0.05) is 22.0 Å². The number of benzene rings is 1. The van der Waals surface area contributed by atoms with Crippen molar-refractivity contribution in [3.8, 4) is 11.8 Å². The minimum Gasteiger partial charge on any atom is -0.318 e. The molecule has 1 aromatic carbocycles. The van der Waals surface area contributed by atoms with Gasteiger partial charge in [0, 0.05) is 27.6 Å². The van der Waals surface area contributed by atoms with Gasteiger partial charge in [0.05, 0.1) is 30.3 Å². The maximum Gasteiger partial charge on any atom is 0.258 e. The number of aryl methyl sites for hydroxylation is 3. The van der Waals surface area contributed by atoms with Crippen molar-refractivity contribution in [1.82, 2.24) is 14.3 Å². The number of halogens is 1. The minimum atomic E-state index is -0.192. The monoisotopic (exact) mass is 425 g/mol. The Labute approximate surface area is 166 Å². The van der Waals surface area contributed by atoms with E-state index >= 15 is 0 Å². The molecular weight excluding hydrogens is 406 g/mol. The van der Waals surface area contributed by atoms with Crippen LogP contribution in [0.25, 0.3) is 5.69 Å². The van der Waals surface area contributed by atoms with Crippen LogP contribution in [0.2, 0.25) is 0 Å². The Kier molecular flexibility index (Phi) is 5.47. The van der Waals surface area contributed by atoms with E-state index in [0.717, 1.165) is 27.2 Å². The van der Waals surface area contributed by atoms with Crippen LogP contribution in [0.1, 0.15) is 33.9 Å². The highest BCUT2D eigenvalue weighted by atomic mass is 79.9. The quantitative estimate of drug-likeness (QED) is 0.652. The topological polar surface area (TPSA) is 75.6 Å². The predicted octanol–water partition coefficient (Wildman–Crippen LogP) is 4.53. The molecule has 0 aliphatic heterocycles. The number of nitrogens with zero attached hydrogens (tertiary/aromatic N) is 4. The van der Waals surface area contributed by atoms with E-state index in [1.807, 2.05) is 57.2 Å². The summed E-state index contributed by atoms with van der Waals surface area (Å²) in [6.07, 6.45) is 0.335. The minimum absolute atomic E-state index is 0.192. The van der Waals surface area contributed by atoms with E-state index in [2.05, 4.69) is 37.0 Å². The summed E-state index contributed by atoms with van der Waals surface area (Å²) in [6.45, 7) is 6.21. The first-order chi connectivity index (χ1) is 12.9. The molecule has 1 N–H and O–H groups in total. The molecule has 7 heteroatoms. The lowest BCUT2D eigenvalue weighted by molar-refractivity contribution is 0.102. The standard InChI is InChI=1S/C20H20BrN5O/c1-13-10-19(25(24-13)9-5-8-22)23-20(27)18-11-14(2)26(15(18)3)17-7-4-6-16(21)12-17/h4,6-7,10-12H,5,9H2,1-3H3,(H,23,27). The van der Waals surface area contributed by atoms with Crippen LogP contribution in [0.15, 0.2) is 40.9 Å². The third-order valence-electron chi connectivity index (χ3n) is 4.32. The number of hydrogen-bond acceptors (Lipinski definition) is 3. The van der Waals surface area contributed by atoms with Gasteiger partial charge in [-0.3, -0.25) is 4.79 Å². The van der Waals surface area contributed by atoms with Gasteiger partial charge in [0.15, 0.2) is 0 Å². The zero-order valence-electron chi connectivity index (χ0n) is 15.5. The van der Waals surface area contributed by atoms with Gasteiger partial charge in [0.25, 0.3) is 5.91 Å². The Bertz CT molecular complexity index is 1040. The van der Waals surface area contributed by atoms with E-state index in [0.29, 0.717) is 24.3 Å². The third kappa shape index (κ3) is 3.96. The number of aromatic nitrogens is 3. The average Bonchev–Trinajstić information content (AvgIpc) is 3.11. The first-order valence-electron chi connectivity index (χ1n) is 8.58. The van der Waals surface area contributed by atoms with Crippen LogP contribution in [-0.4, -0.2) is 20.3 Å². The molecule has 3 aromatic rings. The van der Waals surface area contributed by atoms with Crippen molar-refractivity contribution in [3.05, 3.63) is 63.5 Å². The molecule has 0 atom stereocenters. The second-order valence-corrected chi connectivity index (χ2v) is 7.27. The van der Waals surface area contributed by atoms with Crippen LogP contribution in [0, 0.1) is 32.1 Å². The van der Waals surface area contributed by atoms with Crippen molar-refractivity contribution in [2.24, 2.45) is 0 Å². The summed E-state index contributed by atoms with van der Waals surface area (Å²) >= 11 is 3.49. The number of carbonyl (C=O) groups excluding carboxylic acids is 1. The van der Waals surface area contributed by atoms with Gasteiger partial charge < -0.3 is 9.88 Å². The first-order valence-corrected chi connectivity index (χ1v) is 9.37. The van der Waals surface area contributed by atoms with Crippen molar-refractivity contribution in [1.29, 1.82) is 5.26 Å². The summed E-state index contributed by atoms with van der Waals surface area (Å²) in [4.78, 5) is 12.9. The number of rotatable bonds is 5. The van der Waals surface area contributed by atoms with E-state index < -0.39 is 0 Å². The van der Waals surface area contributed by atoms with Crippen LogP contribution in [0.3, 0.4) is 0 Å². The summed E-state index contributed by atoms with van der Waals surface area (Å²) in [7, 11) is 0. The Balaban J connectivity index is 1.91. The molecule has 0 aliphatic rings. The van der Waals surface area contributed by atoms with Crippen LogP contribution < -0.4 is 5.32 Å². The largest absolute Gasteiger partial charge is 0.318 e. The summed E-state index contributed by atoms with van der Waals surface area (Å²) in [5, 5.41) is 16.1. The van der Waals surface area contributed by atoms with Crippen LogP contribution in [0.4, 0.5) is 5.82 Å². The van der Waals surface area contributed by atoms with E-state index in [1.165, 1.54) is 0 Å². The van der Waals surface area contributed by atoms with Gasteiger partial charge in [-0.15, -0.1) is 0 Å². The smallest absolute Gasteiger partial charge is 0.258 e. The maximum atomic E-state index is 12.9. The highest BCUT2D eigenvalue weighted by Gasteiger charge is 2.18. The number of anilines is 1. The van der Waals surface area contributed by atoms with Gasteiger partial charge in [0.2, 0.25) is 0 Å². The molecule has 0 spiro atoms. The molecule has 1 amide bonds. The maximum absolute atomic E-state index is 12.9. The van der Waals surface area contributed by atoms with E-state index in [-0.39, 0.29) is 5.91 Å². The summed E-state index contributed by atoms with van der Waals surface area (Å²) in [5.41, 5.74) is 4.24. The van der Waals surface area contributed by atoms with Crippen molar-refractivity contribution >= 4 is 27.7 Å². The predicted molar refractivity (Wildman–Crippen MR) is 108 cm³/mol. The lowest BCUT2D eigenvalue weighted by Crippen LogP contribution is -2.16. The third-order valence-corrected chi connectivity index (χ3v) is 4.81. The molecule has 0 aliphatic carbocycles. The average molecular weight is 426 g/mol. The molecule has 0 bridgehead atoms. The summed E-state index contributed by atoms with van der Waals surface area (Å²) in [6, 6.07) is 13.7. The number of nitrogens with one attached hydrogen (secondary N) is 1. The second-order valence-electron chi connectivity index (χ2n) is 6.36. The van der Waals surface area contributed by atoms with Gasteiger partial charge in [-0.25, -0.2) is 4.68 Å². The summed E-state index contributed by atoms with van der Waals surface area (Å²) in [5.74, 6) is 0.405. The highest BCUT2D eigenvalue weighted by Crippen LogP contribution is 2.24. The molecule has 0 unspecified atom stereocenters. The lowest BCUT2D eigenvalue weighted by Gasteiger charge is -2.11. The van der Waals surface area contributed by atoms with E-state index in [9.17, 15) is 4.79 Å². The Morgan fingerprint density at radius 3 is 2.74 bits per heavy atom. The SMILES string of the molecule is Cc1cc(NC(=O)c2cc(C)n(-c3cccc(Br)c3)c2C)n(CCC#N)n1. The van der Waals surface area contributed by atoms with Crippen LogP contribution in [0.5, 0.6) is 0 Å². The molecule has 138 valence electrons. The van der Waals surface area contributed by atoms with Gasteiger partial charge in [-0.2, -0.15) is 10.4 Å². The molecule has 0 radical (unpaired) electrons. The highest BCUT2D eigenvalue weighted by molar-refractivity contribution is 9.10. The number of carbonyl (C=O) groups is 1. The van der Waals surface area contributed by atoms with Crippen molar-refractivity contribution in [2.75, 3.05) is 5.32 Å². The molecule has 0 saturated carbocycles. The molecule has 2 heterocycles. The van der Waals surface area contributed by atoms with Crippen molar-refractivity contribution in [2.45, 2.75) is 33.7 Å². The fraction of sp³-hybridized carbons (Fsp3) is 0.250. The number of amides is 1. The molecule has 6 nitrogen and oxygen atoms in total. The fourth-order valence-electron chi connectivity index (χ4n) is 3.16. The van der Waals surface area contributed by atoms with Gasteiger partial charge in [0.1, 0.15) is 5.82 Å². The van der Waals surface area contributed by atoms with E-state index in [1.54, 1.807) is 4.68 Å².